The number of nitrogens with zero attached hydrogens (tertiary/aromatic N) is 2. The molecule has 4 N–H and O–H groups in total. The summed E-state index contributed by atoms with van der Waals surface area (Å²) in [5, 5.41) is 5.46. The predicted octanol–water partition coefficient (Wildman–Crippen LogP) is 3.82. The molecular weight excluding hydrogens is 586 g/mol. The summed E-state index contributed by atoms with van der Waals surface area (Å²) in [7, 11) is -3.49. The number of sulfonamides is 1. The van der Waals surface area contributed by atoms with Crippen molar-refractivity contribution >= 4 is 21.6 Å². The number of carbonyl (C=O) groups is 1. The van der Waals surface area contributed by atoms with E-state index in [9.17, 15) is 26.4 Å². The molecule has 1 aliphatic heterocycles. The van der Waals surface area contributed by atoms with Crippen molar-refractivity contribution < 1.29 is 30.8 Å². The Morgan fingerprint density at radius 2 is 1.70 bits per heavy atom. The quantitative estimate of drug-likeness (QED) is 0.297. The first kappa shape index (κ1) is 31.0. The van der Waals surface area contributed by atoms with Gasteiger partial charge in [-0.3, -0.25) is 9.78 Å². The normalized spacial score (nSPS) is 20.9. The average Bonchev–Trinajstić information content (AvgIpc) is 3.80. The number of piperazine rings is 1. The van der Waals surface area contributed by atoms with Gasteiger partial charge >= 0.3 is 0 Å². The molecule has 1 aromatic heterocycles. The molecule has 8 nitrogen and oxygen atoms in total. The van der Waals surface area contributed by atoms with Gasteiger partial charge < -0.3 is 16.4 Å². The van der Waals surface area contributed by atoms with Crippen LogP contribution in [0.4, 0.5) is 23.2 Å². The third kappa shape index (κ3) is 6.90. The number of anilines is 1. The molecule has 43 heavy (non-hydrogen) atoms. The summed E-state index contributed by atoms with van der Waals surface area (Å²) >= 11 is 0. The Labute approximate surface area is 247 Å². The van der Waals surface area contributed by atoms with Crippen molar-refractivity contribution in [3.63, 3.8) is 0 Å². The second-order valence-corrected chi connectivity index (χ2v) is 13.3. The highest BCUT2D eigenvalue weighted by atomic mass is 32.2. The van der Waals surface area contributed by atoms with Gasteiger partial charge in [-0.05, 0) is 68.0 Å². The van der Waals surface area contributed by atoms with Crippen molar-refractivity contribution in [3.8, 4) is 0 Å². The van der Waals surface area contributed by atoms with E-state index in [-0.39, 0.29) is 40.9 Å². The third-order valence-corrected chi connectivity index (χ3v) is 10.5. The maximum atomic E-state index is 15.1. The van der Waals surface area contributed by atoms with E-state index in [1.54, 1.807) is 4.31 Å². The number of benzene rings is 2. The topological polar surface area (TPSA) is 117 Å². The summed E-state index contributed by atoms with van der Waals surface area (Å²) in [4.78, 5) is 17.3. The number of amides is 1. The lowest BCUT2D eigenvalue weighted by atomic mass is 9.84. The Kier molecular flexibility index (Phi) is 9.16. The van der Waals surface area contributed by atoms with Crippen LogP contribution in [0.2, 0.25) is 0 Å². The van der Waals surface area contributed by atoms with Crippen LogP contribution in [0.15, 0.2) is 54.9 Å². The molecule has 13 heteroatoms. The van der Waals surface area contributed by atoms with E-state index in [1.165, 1.54) is 18.3 Å². The van der Waals surface area contributed by atoms with Crippen LogP contribution in [0.3, 0.4) is 0 Å². The standard InChI is InChI=1S/C30H33F4N5O3S/c1-17-13-36-14-23(39(17)43(41,42)24-7-8-24)6-9-25-26(34)15-37-16-27(25)38-30(40)29(35)28(18-2-4-20(31)5-3-18)19-10-21(32)12-22(33)11-19/h2-5,10-12,15-17,23-24,28-29,36H,6-9,13-14,35H2,1H3,(H,38,40). The van der Waals surface area contributed by atoms with E-state index < -0.39 is 57.2 Å². The van der Waals surface area contributed by atoms with Gasteiger partial charge in [0, 0.05) is 42.7 Å². The Balaban J connectivity index is 1.38. The molecule has 230 valence electrons. The number of hydrogen-bond donors (Lipinski definition) is 3. The van der Waals surface area contributed by atoms with Crippen molar-refractivity contribution in [2.24, 2.45) is 5.73 Å². The molecule has 0 radical (unpaired) electrons. The highest BCUT2D eigenvalue weighted by molar-refractivity contribution is 7.90. The fraction of sp³-hybridized carbons (Fsp3) is 0.400. The maximum Gasteiger partial charge on any atom is 0.242 e. The summed E-state index contributed by atoms with van der Waals surface area (Å²) in [6.45, 7) is 2.75. The summed E-state index contributed by atoms with van der Waals surface area (Å²) in [5.74, 6) is -4.87. The smallest absolute Gasteiger partial charge is 0.242 e. The Morgan fingerprint density at radius 3 is 2.35 bits per heavy atom. The van der Waals surface area contributed by atoms with Crippen LogP contribution in [0, 0.1) is 23.3 Å². The van der Waals surface area contributed by atoms with Gasteiger partial charge in [-0.1, -0.05) is 12.1 Å². The van der Waals surface area contributed by atoms with Crippen LogP contribution >= 0.6 is 0 Å². The number of rotatable bonds is 10. The van der Waals surface area contributed by atoms with Crippen LogP contribution in [0.5, 0.6) is 0 Å². The van der Waals surface area contributed by atoms with E-state index in [2.05, 4.69) is 15.6 Å². The fourth-order valence-corrected chi connectivity index (χ4v) is 8.01. The molecule has 1 amide bonds. The summed E-state index contributed by atoms with van der Waals surface area (Å²) in [6, 6.07) is 5.68. The van der Waals surface area contributed by atoms with Gasteiger partial charge in [-0.15, -0.1) is 0 Å². The van der Waals surface area contributed by atoms with Crippen LogP contribution in [-0.4, -0.2) is 60.1 Å². The van der Waals surface area contributed by atoms with Gasteiger partial charge in [0.1, 0.15) is 23.3 Å². The first-order chi connectivity index (χ1) is 20.5. The molecule has 2 aromatic carbocycles. The minimum atomic E-state index is -3.49. The van der Waals surface area contributed by atoms with E-state index in [0.717, 1.165) is 30.5 Å². The van der Waals surface area contributed by atoms with Crippen molar-refractivity contribution in [2.45, 2.75) is 61.9 Å². The molecule has 1 saturated heterocycles. The summed E-state index contributed by atoms with van der Waals surface area (Å²) < 4.78 is 84.9. The zero-order chi connectivity index (χ0) is 30.9. The van der Waals surface area contributed by atoms with E-state index in [0.29, 0.717) is 37.6 Å². The number of halogens is 4. The molecule has 1 saturated carbocycles. The molecule has 2 fully saturated rings. The summed E-state index contributed by atoms with van der Waals surface area (Å²) in [5.41, 5.74) is 6.91. The molecule has 0 bridgehead atoms. The highest BCUT2D eigenvalue weighted by Gasteiger charge is 2.45. The van der Waals surface area contributed by atoms with Crippen molar-refractivity contribution in [1.29, 1.82) is 0 Å². The second-order valence-electron chi connectivity index (χ2n) is 11.2. The van der Waals surface area contributed by atoms with Crippen LogP contribution < -0.4 is 16.4 Å². The minimum absolute atomic E-state index is 0.0390. The lowest BCUT2D eigenvalue weighted by molar-refractivity contribution is -0.117. The van der Waals surface area contributed by atoms with E-state index >= 15 is 4.39 Å². The first-order valence-corrected chi connectivity index (χ1v) is 15.6. The van der Waals surface area contributed by atoms with Crippen LogP contribution in [-0.2, 0) is 21.2 Å². The number of hydrogen-bond acceptors (Lipinski definition) is 6. The predicted molar refractivity (Wildman–Crippen MR) is 154 cm³/mol. The molecular formula is C30H33F4N5O3S. The monoisotopic (exact) mass is 619 g/mol. The lowest BCUT2D eigenvalue weighted by Crippen LogP contribution is -2.59. The number of nitrogens with two attached hydrogens (primary N) is 1. The van der Waals surface area contributed by atoms with Crippen molar-refractivity contribution in [1.82, 2.24) is 14.6 Å². The Hall–Kier alpha value is -3.39. The second kappa shape index (κ2) is 12.7. The maximum absolute atomic E-state index is 15.1. The molecule has 2 aliphatic rings. The molecule has 1 aliphatic carbocycles. The fourth-order valence-electron chi connectivity index (χ4n) is 5.76. The number of pyridine rings is 1. The van der Waals surface area contributed by atoms with Crippen LogP contribution in [0.25, 0.3) is 0 Å². The third-order valence-electron chi connectivity index (χ3n) is 7.98. The summed E-state index contributed by atoms with van der Waals surface area (Å²) in [6.07, 6.45) is 3.89. The molecule has 5 rings (SSSR count). The average molecular weight is 620 g/mol. The zero-order valence-electron chi connectivity index (χ0n) is 23.4. The van der Waals surface area contributed by atoms with Crippen molar-refractivity contribution in [3.05, 3.63) is 94.8 Å². The lowest BCUT2D eigenvalue weighted by Gasteiger charge is -2.40. The largest absolute Gasteiger partial charge is 0.323 e. The minimum Gasteiger partial charge on any atom is -0.323 e. The van der Waals surface area contributed by atoms with Crippen LogP contribution in [0.1, 0.15) is 48.8 Å². The molecule has 2 heterocycles. The Morgan fingerprint density at radius 1 is 1.02 bits per heavy atom. The van der Waals surface area contributed by atoms with E-state index in [4.69, 9.17) is 5.73 Å². The number of aromatic nitrogens is 1. The molecule has 3 aromatic rings. The first-order valence-electron chi connectivity index (χ1n) is 14.1. The molecule has 0 spiro atoms. The number of nitrogens with one attached hydrogen (secondary N) is 2. The highest BCUT2D eigenvalue weighted by Crippen LogP contribution is 2.35. The number of carbonyl (C=O) groups excluding carboxylic acids is 1. The van der Waals surface area contributed by atoms with Gasteiger partial charge in [0.05, 0.1) is 29.4 Å². The molecule has 4 unspecified atom stereocenters. The Bertz CT molecular complexity index is 1570. The molecule has 4 atom stereocenters. The van der Waals surface area contributed by atoms with Gasteiger partial charge in [-0.2, -0.15) is 4.31 Å². The van der Waals surface area contributed by atoms with E-state index in [1.807, 2.05) is 6.92 Å². The van der Waals surface area contributed by atoms with Gasteiger partial charge in [0.25, 0.3) is 0 Å². The SMILES string of the molecule is CC1CNCC(CCc2c(F)cncc2NC(=O)C(N)C(c2ccc(F)cc2)c2cc(F)cc(F)c2)N1S(=O)(=O)C1CC1. The van der Waals surface area contributed by atoms with Gasteiger partial charge in [0.2, 0.25) is 15.9 Å². The van der Waals surface area contributed by atoms with Gasteiger partial charge in [-0.25, -0.2) is 26.0 Å². The van der Waals surface area contributed by atoms with Crippen molar-refractivity contribution in [2.75, 3.05) is 18.4 Å². The zero-order valence-corrected chi connectivity index (χ0v) is 24.3. The van der Waals surface area contributed by atoms with Gasteiger partial charge in [0.15, 0.2) is 0 Å².